The van der Waals surface area contributed by atoms with Crippen LogP contribution in [0.15, 0.2) is 60.3 Å². The molecule has 0 aromatic heterocycles. The summed E-state index contributed by atoms with van der Waals surface area (Å²) in [4.78, 5) is 16.3. The number of benzene rings is 2. The number of anilines is 2. The Bertz CT molecular complexity index is 850. The Morgan fingerprint density at radius 2 is 1.96 bits per heavy atom. The van der Waals surface area contributed by atoms with Gasteiger partial charge in [-0.05, 0) is 48.7 Å². The quantitative estimate of drug-likeness (QED) is 0.692. The van der Waals surface area contributed by atoms with E-state index < -0.39 is 0 Å². The molecule has 0 fully saturated rings. The van der Waals surface area contributed by atoms with Crippen molar-refractivity contribution in [3.8, 4) is 11.8 Å². The van der Waals surface area contributed by atoms with E-state index in [2.05, 4.69) is 0 Å². The van der Waals surface area contributed by atoms with Gasteiger partial charge < -0.3 is 14.9 Å². The summed E-state index contributed by atoms with van der Waals surface area (Å²) in [7, 11) is 1.77. The van der Waals surface area contributed by atoms with Gasteiger partial charge in [-0.25, -0.2) is 0 Å². The lowest BCUT2D eigenvalue weighted by molar-refractivity contribution is -0.114. The van der Waals surface area contributed by atoms with Crippen LogP contribution in [0.4, 0.5) is 11.4 Å². The number of aryl methyl sites for hydroxylation is 1. The molecule has 1 heterocycles. The molecule has 0 unspecified atom stereocenters. The minimum Gasteiger partial charge on any atom is -0.508 e. The summed E-state index contributed by atoms with van der Waals surface area (Å²) in [5, 5.41) is 18.9. The normalized spacial score (nSPS) is 13.8. The van der Waals surface area contributed by atoms with Gasteiger partial charge in [-0.1, -0.05) is 18.2 Å². The highest BCUT2D eigenvalue weighted by Gasteiger charge is 2.25. The van der Waals surface area contributed by atoms with E-state index in [0.29, 0.717) is 6.54 Å². The van der Waals surface area contributed by atoms with E-state index >= 15 is 0 Å². The molecule has 5 nitrogen and oxygen atoms in total. The molecule has 0 saturated carbocycles. The third-order valence-corrected chi connectivity index (χ3v) is 4.29. The van der Waals surface area contributed by atoms with E-state index in [1.165, 1.54) is 6.20 Å². The topological polar surface area (TPSA) is 67.6 Å². The van der Waals surface area contributed by atoms with Gasteiger partial charge in [0.1, 0.15) is 17.4 Å². The Kier molecular flexibility index (Phi) is 4.71. The van der Waals surface area contributed by atoms with Crippen LogP contribution in [0.5, 0.6) is 5.75 Å². The summed E-state index contributed by atoms with van der Waals surface area (Å²) in [6.07, 6.45) is 3.36. The number of phenolic OH excluding ortho intramolecular Hbond substituents is 1. The number of carbonyl (C=O) groups is 1. The van der Waals surface area contributed by atoms with Gasteiger partial charge >= 0.3 is 0 Å². The van der Waals surface area contributed by atoms with Crippen molar-refractivity contribution in [3.05, 3.63) is 65.9 Å². The Morgan fingerprint density at radius 1 is 1.24 bits per heavy atom. The van der Waals surface area contributed by atoms with Gasteiger partial charge in [0.15, 0.2) is 0 Å². The van der Waals surface area contributed by atoms with E-state index in [1.807, 2.05) is 30.3 Å². The average Bonchev–Trinajstić information content (AvgIpc) is 2.65. The monoisotopic (exact) mass is 333 g/mol. The fourth-order valence-corrected chi connectivity index (χ4v) is 2.98. The molecule has 0 aliphatic carbocycles. The molecule has 0 atom stereocenters. The maximum absolute atomic E-state index is 12.9. The van der Waals surface area contributed by atoms with Gasteiger partial charge in [0.2, 0.25) is 0 Å². The van der Waals surface area contributed by atoms with Crippen LogP contribution in [-0.2, 0) is 11.2 Å². The van der Waals surface area contributed by atoms with Gasteiger partial charge in [-0.2, -0.15) is 5.26 Å². The van der Waals surface area contributed by atoms with Crippen LogP contribution in [0.2, 0.25) is 0 Å². The van der Waals surface area contributed by atoms with Crippen molar-refractivity contribution in [2.75, 3.05) is 23.4 Å². The van der Waals surface area contributed by atoms with Crippen LogP contribution < -0.4 is 9.80 Å². The number of carbonyl (C=O) groups excluding carboxylic acids is 1. The number of amides is 1. The first-order valence-electron chi connectivity index (χ1n) is 8.13. The van der Waals surface area contributed by atoms with Crippen molar-refractivity contribution >= 4 is 17.3 Å². The first-order valence-corrected chi connectivity index (χ1v) is 8.13. The predicted molar refractivity (Wildman–Crippen MR) is 97.3 cm³/mol. The van der Waals surface area contributed by atoms with Crippen molar-refractivity contribution in [2.45, 2.75) is 12.8 Å². The molecule has 0 bridgehead atoms. The van der Waals surface area contributed by atoms with Crippen LogP contribution >= 0.6 is 0 Å². The largest absolute Gasteiger partial charge is 0.508 e. The standard InChI is InChI=1S/C20H19N3O2/c1-22(17-8-10-18(24)11-9-17)14-16(13-21)20(25)23-12-4-6-15-5-2-3-7-19(15)23/h2-3,5,7-11,14,24H,4,6,12H2,1H3/b16-14-. The minimum atomic E-state index is -0.291. The lowest BCUT2D eigenvalue weighted by Crippen LogP contribution is -2.36. The number of nitrogens with zero attached hydrogens (tertiary/aromatic N) is 3. The molecule has 0 saturated heterocycles. The highest BCUT2D eigenvalue weighted by atomic mass is 16.3. The van der Waals surface area contributed by atoms with Crippen molar-refractivity contribution in [2.24, 2.45) is 0 Å². The van der Waals surface area contributed by atoms with E-state index in [1.54, 1.807) is 41.1 Å². The van der Waals surface area contributed by atoms with Crippen molar-refractivity contribution < 1.29 is 9.90 Å². The SMILES string of the molecule is CN(/C=C(/C#N)C(=O)N1CCCc2ccccc21)c1ccc(O)cc1. The van der Waals surface area contributed by atoms with Gasteiger partial charge in [0.25, 0.3) is 5.91 Å². The summed E-state index contributed by atoms with van der Waals surface area (Å²) < 4.78 is 0. The van der Waals surface area contributed by atoms with Crippen molar-refractivity contribution in [3.63, 3.8) is 0 Å². The number of hydrogen-bond donors (Lipinski definition) is 1. The average molecular weight is 333 g/mol. The van der Waals surface area contributed by atoms with Crippen LogP contribution in [0.3, 0.4) is 0 Å². The zero-order valence-electron chi connectivity index (χ0n) is 14.0. The molecule has 0 radical (unpaired) electrons. The summed E-state index contributed by atoms with van der Waals surface area (Å²) in [5.41, 5.74) is 2.86. The van der Waals surface area contributed by atoms with Gasteiger partial charge in [-0.15, -0.1) is 0 Å². The molecule has 1 aliphatic heterocycles. The maximum Gasteiger partial charge on any atom is 0.270 e. The van der Waals surface area contributed by atoms with Crippen LogP contribution in [0.25, 0.3) is 0 Å². The molecule has 3 rings (SSSR count). The minimum absolute atomic E-state index is 0.0762. The second-order valence-electron chi connectivity index (χ2n) is 5.97. The second-order valence-corrected chi connectivity index (χ2v) is 5.97. The Labute approximate surface area is 147 Å². The molecule has 25 heavy (non-hydrogen) atoms. The zero-order valence-corrected chi connectivity index (χ0v) is 14.0. The fraction of sp³-hybridized carbons (Fsp3) is 0.200. The summed E-state index contributed by atoms with van der Waals surface area (Å²) in [6.45, 7) is 0.609. The fourth-order valence-electron chi connectivity index (χ4n) is 2.98. The number of nitriles is 1. The zero-order chi connectivity index (χ0) is 17.8. The highest BCUT2D eigenvalue weighted by molar-refractivity contribution is 6.09. The molecular formula is C20H19N3O2. The van der Waals surface area contributed by atoms with Crippen LogP contribution in [0.1, 0.15) is 12.0 Å². The molecule has 1 amide bonds. The van der Waals surface area contributed by atoms with E-state index in [0.717, 1.165) is 29.8 Å². The van der Waals surface area contributed by atoms with Gasteiger partial charge in [0.05, 0.1) is 0 Å². The van der Waals surface area contributed by atoms with Crippen LogP contribution in [-0.4, -0.2) is 24.6 Å². The first-order chi connectivity index (χ1) is 12.1. The summed E-state index contributed by atoms with van der Waals surface area (Å²) in [6, 6.07) is 16.4. The molecular weight excluding hydrogens is 314 g/mol. The molecule has 2 aromatic carbocycles. The Hall–Kier alpha value is -3.26. The van der Waals surface area contributed by atoms with E-state index in [9.17, 15) is 15.2 Å². The van der Waals surface area contributed by atoms with Crippen LogP contribution in [0, 0.1) is 11.3 Å². The first kappa shape index (κ1) is 16.6. The van der Waals surface area contributed by atoms with E-state index in [4.69, 9.17) is 0 Å². The number of hydrogen-bond acceptors (Lipinski definition) is 4. The number of rotatable bonds is 3. The summed E-state index contributed by atoms with van der Waals surface area (Å²) in [5.74, 6) is -0.122. The maximum atomic E-state index is 12.9. The molecule has 5 heteroatoms. The molecule has 0 spiro atoms. The summed E-state index contributed by atoms with van der Waals surface area (Å²) >= 11 is 0. The number of para-hydroxylation sites is 1. The van der Waals surface area contributed by atoms with Gasteiger partial charge in [-0.3, -0.25) is 4.79 Å². The van der Waals surface area contributed by atoms with E-state index in [-0.39, 0.29) is 17.2 Å². The molecule has 126 valence electrons. The number of aromatic hydroxyl groups is 1. The lowest BCUT2D eigenvalue weighted by Gasteiger charge is -2.29. The smallest absolute Gasteiger partial charge is 0.270 e. The molecule has 2 aromatic rings. The lowest BCUT2D eigenvalue weighted by atomic mass is 10.0. The Morgan fingerprint density at radius 3 is 2.68 bits per heavy atom. The Balaban J connectivity index is 1.87. The van der Waals surface area contributed by atoms with Crippen molar-refractivity contribution in [1.29, 1.82) is 5.26 Å². The number of phenols is 1. The van der Waals surface area contributed by atoms with Gasteiger partial charge in [0, 0.05) is 31.2 Å². The van der Waals surface area contributed by atoms with Crippen molar-refractivity contribution in [1.82, 2.24) is 0 Å². The molecule has 1 aliphatic rings. The third kappa shape index (κ3) is 3.48. The number of fused-ring (bicyclic) bond motifs is 1. The second kappa shape index (κ2) is 7.10. The predicted octanol–water partition coefficient (Wildman–Crippen LogP) is 3.22. The highest BCUT2D eigenvalue weighted by Crippen LogP contribution is 2.28. The molecule has 1 N–H and O–H groups in total. The third-order valence-electron chi connectivity index (χ3n) is 4.29.